The summed E-state index contributed by atoms with van der Waals surface area (Å²) in [6, 6.07) is 10.7. The minimum Gasteiger partial charge on any atom is -0.325 e. The van der Waals surface area contributed by atoms with Crippen molar-refractivity contribution in [3.63, 3.8) is 0 Å². The second-order valence-electron chi connectivity index (χ2n) is 4.55. The molecule has 0 saturated carbocycles. The van der Waals surface area contributed by atoms with E-state index in [0.717, 1.165) is 5.56 Å². The predicted molar refractivity (Wildman–Crippen MR) is 90.4 cm³/mol. The van der Waals surface area contributed by atoms with Crippen LogP contribution in [0.3, 0.4) is 0 Å². The van der Waals surface area contributed by atoms with Crippen LogP contribution < -0.4 is 5.32 Å². The smallest absolute Gasteiger partial charge is 0.234 e. The summed E-state index contributed by atoms with van der Waals surface area (Å²) < 4.78 is 0. The lowest BCUT2D eigenvalue weighted by Gasteiger charge is -2.04. The lowest BCUT2D eigenvalue weighted by molar-refractivity contribution is -0.113. The summed E-state index contributed by atoms with van der Waals surface area (Å²) in [5.74, 6) is 0.706. The maximum Gasteiger partial charge on any atom is 0.234 e. The molecule has 1 amide bonds. The van der Waals surface area contributed by atoms with Crippen molar-refractivity contribution in [3.05, 3.63) is 53.8 Å². The van der Waals surface area contributed by atoms with E-state index >= 15 is 0 Å². The molecular weight excluding hydrogens is 334 g/mol. The summed E-state index contributed by atoms with van der Waals surface area (Å²) in [7, 11) is 0. The number of amides is 1. The van der Waals surface area contributed by atoms with Crippen LogP contribution in [0.25, 0.3) is 11.4 Å². The van der Waals surface area contributed by atoms with Gasteiger partial charge in [0.2, 0.25) is 11.1 Å². The van der Waals surface area contributed by atoms with Crippen LogP contribution in [0.1, 0.15) is 0 Å². The van der Waals surface area contributed by atoms with Crippen LogP contribution in [0.5, 0.6) is 0 Å². The second kappa shape index (κ2) is 7.26. The van der Waals surface area contributed by atoms with Gasteiger partial charge in [-0.3, -0.25) is 14.9 Å². The Kier molecular flexibility index (Phi) is 4.89. The van der Waals surface area contributed by atoms with Gasteiger partial charge >= 0.3 is 0 Å². The predicted octanol–water partition coefficient (Wildman–Crippen LogP) is 3.25. The SMILES string of the molecule is O=C(CSc1n[nH]c(-c2ccncc2)n1)Nc1cccc(Cl)c1. The zero-order chi connectivity index (χ0) is 16.1. The van der Waals surface area contributed by atoms with Gasteiger partial charge in [0, 0.05) is 28.7 Å². The molecule has 0 saturated heterocycles. The molecule has 0 aliphatic carbocycles. The average Bonchev–Trinajstić information content (AvgIpc) is 3.03. The highest BCUT2D eigenvalue weighted by atomic mass is 35.5. The minimum atomic E-state index is -0.146. The first-order valence-electron chi connectivity index (χ1n) is 6.72. The van der Waals surface area contributed by atoms with Crippen LogP contribution >= 0.6 is 23.4 Å². The summed E-state index contributed by atoms with van der Waals surface area (Å²) in [4.78, 5) is 20.2. The monoisotopic (exact) mass is 345 g/mol. The highest BCUT2D eigenvalue weighted by Crippen LogP contribution is 2.19. The Hall–Kier alpha value is -2.38. The normalized spacial score (nSPS) is 10.5. The zero-order valence-electron chi connectivity index (χ0n) is 11.9. The number of H-pyrrole nitrogens is 1. The van der Waals surface area contributed by atoms with E-state index in [9.17, 15) is 4.79 Å². The largest absolute Gasteiger partial charge is 0.325 e. The van der Waals surface area contributed by atoms with Gasteiger partial charge < -0.3 is 5.32 Å². The quantitative estimate of drug-likeness (QED) is 0.693. The third kappa shape index (κ3) is 4.30. The molecule has 23 heavy (non-hydrogen) atoms. The summed E-state index contributed by atoms with van der Waals surface area (Å²) in [6.07, 6.45) is 3.37. The number of aromatic nitrogens is 4. The van der Waals surface area contributed by atoms with E-state index in [1.165, 1.54) is 11.8 Å². The van der Waals surface area contributed by atoms with Crippen LogP contribution in [0.15, 0.2) is 53.9 Å². The van der Waals surface area contributed by atoms with Crippen molar-refractivity contribution in [2.24, 2.45) is 0 Å². The number of benzene rings is 1. The number of aromatic amines is 1. The molecule has 3 rings (SSSR count). The van der Waals surface area contributed by atoms with Crippen molar-refractivity contribution in [1.29, 1.82) is 0 Å². The highest BCUT2D eigenvalue weighted by Gasteiger charge is 2.09. The van der Waals surface area contributed by atoms with Crippen molar-refractivity contribution in [3.8, 4) is 11.4 Å². The van der Waals surface area contributed by atoms with Crippen molar-refractivity contribution in [1.82, 2.24) is 20.2 Å². The molecule has 8 heteroatoms. The van der Waals surface area contributed by atoms with Gasteiger partial charge in [-0.2, -0.15) is 0 Å². The molecule has 2 N–H and O–H groups in total. The van der Waals surface area contributed by atoms with E-state index in [0.29, 0.717) is 21.7 Å². The second-order valence-corrected chi connectivity index (χ2v) is 5.93. The molecule has 0 unspecified atom stereocenters. The summed E-state index contributed by atoms with van der Waals surface area (Å²) in [6.45, 7) is 0. The van der Waals surface area contributed by atoms with Gasteiger partial charge in [-0.05, 0) is 30.3 Å². The topological polar surface area (TPSA) is 83.6 Å². The van der Waals surface area contributed by atoms with Crippen molar-refractivity contribution in [2.45, 2.75) is 5.16 Å². The van der Waals surface area contributed by atoms with Gasteiger partial charge in [0.15, 0.2) is 5.82 Å². The van der Waals surface area contributed by atoms with Gasteiger partial charge in [-0.15, -0.1) is 5.10 Å². The van der Waals surface area contributed by atoms with E-state index in [1.54, 1.807) is 36.7 Å². The fraction of sp³-hybridized carbons (Fsp3) is 0.0667. The first-order chi connectivity index (χ1) is 11.2. The first kappa shape index (κ1) is 15.5. The molecule has 0 aliphatic rings. The molecule has 2 heterocycles. The molecule has 0 spiro atoms. The number of pyridine rings is 1. The van der Waals surface area contributed by atoms with E-state index in [-0.39, 0.29) is 11.7 Å². The molecule has 6 nitrogen and oxygen atoms in total. The zero-order valence-corrected chi connectivity index (χ0v) is 13.4. The summed E-state index contributed by atoms with van der Waals surface area (Å²) in [5, 5.41) is 10.8. The van der Waals surface area contributed by atoms with E-state index in [2.05, 4.69) is 25.5 Å². The Morgan fingerprint density at radius 2 is 2.09 bits per heavy atom. The maximum atomic E-state index is 11.9. The fourth-order valence-corrected chi connectivity index (χ4v) is 2.63. The van der Waals surface area contributed by atoms with E-state index in [4.69, 9.17) is 11.6 Å². The van der Waals surface area contributed by atoms with Gasteiger partial charge in [-0.1, -0.05) is 29.4 Å². The third-order valence-electron chi connectivity index (χ3n) is 2.86. The van der Waals surface area contributed by atoms with Gasteiger partial charge in [0.05, 0.1) is 5.75 Å². The third-order valence-corrected chi connectivity index (χ3v) is 3.94. The van der Waals surface area contributed by atoms with Crippen molar-refractivity contribution in [2.75, 3.05) is 11.1 Å². The molecule has 0 bridgehead atoms. The number of hydrogen-bond acceptors (Lipinski definition) is 5. The number of rotatable bonds is 5. The van der Waals surface area contributed by atoms with Crippen LogP contribution in [0.2, 0.25) is 5.02 Å². The van der Waals surface area contributed by atoms with Crippen LogP contribution in [0.4, 0.5) is 5.69 Å². The molecule has 116 valence electrons. The standard InChI is InChI=1S/C15H12ClN5OS/c16-11-2-1-3-12(8-11)18-13(22)9-23-15-19-14(20-21-15)10-4-6-17-7-5-10/h1-8H,9H2,(H,18,22)(H,19,20,21). The minimum absolute atomic E-state index is 0.146. The van der Waals surface area contributed by atoms with E-state index < -0.39 is 0 Å². The van der Waals surface area contributed by atoms with Gasteiger partial charge in [0.1, 0.15) is 0 Å². The molecule has 0 radical (unpaired) electrons. The number of hydrogen-bond donors (Lipinski definition) is 2. The molecule has 2 aromatic heterocycles. The molecule has 0 fully saturated rings. The Morgan fingerprint density at radius 1 is 1.26 bits per heavy atom. The average molecular weight is 346 g/mol. The fourth-order valence-electron chi connectivity index (χ4n) is 1.84. The highest BCUT2D eigenvalue weighted by molar-refractivity contribution is 7.99. The Bertz CT molecular complexity index is 808. The molecular formula is C15H12ClN5OS. The van der Waals surface area contributed by atoms with Crippen molar-refractivity contribution >= 4 is 35.0 Å². The lowest BCUT2D eigenvalue weighted by atomic mass is 10.3. The van der Waals surface area contributed by atoms with Crippen LogP contribution in [-0.4, -0.2) is 31.8 Å². The number of nitrogens with one attached hydrogen (secondary N) is 2. The number of anilines is 1. The molecule has 0 aliphatic heterocycles. The number of nitrogens with zero attached hydrogens (tertiary/aromatic N) is 3. The van der Waals surface area contributed by atoms with Crippen LogP contribution in [-0.2, 0) is 4.79 Å². The molecule has 1 aromatic carbocycles. The Balaban J connectivity index is 1.56. The number of halogens is 1. The molecule has 0 atom stereocenters. The summed E-state index contributed by atoms with van der Waals surface area (Å²) >= 11 is 7.13. The Labute approximate surface area is 141 Å². The summed E-state index contributed by atoms with van der Waals surface area (Å²) in [5.41, 5.74) is 1.55. The lowest BCUT2D eigenvalue weighted by Crippen LogP contribution is -2.14. The van der Waals surface area contributed by atoms with Crippen molar-refractivity contribution < 1.29 is 4.79 Å². The van der Waals surface area contributed by atoms with Crippen LogP contribution in [0, 0.1) is 0 Å². The molecule has 3 aromatic rings. The number of thioether (sulfide) groups is 1. The number of carbonyl (C=O) groups excluding carboxylic acids is 1. The van der Waals surface area contributed by atoms with E-state index in [1.807, 2.05) is 12.1 Å². The Morgan fingerprint density at radius 3 is 2.87 bits per heavy atom. The van der Waals surface area contributed by atoms with Gasteiger partial charge in [0.25, 0.3) is 0 Å². The maximum absolute atomic E-state index is 11.9. The first-order valence-corrected chi connectivity index (χ1v) is 8.08. The number of carbonyl (C=O) groups is 1. The van der Waals surface area contributed by atoms with Gasteiger partial charge in [-0.25, -0.2) is 4.98 Å².